The average molecular weight is 481 g/mol. The van der Waals surface area contributed by atoms with E-state index in [1.807, 2.05) is 18.2 Å². The van der Waals surface area contributed by atoms with Crippen LogP contribution in [0.4, 0.5) is 17.6 Å². The van der Waals surface area contributed by atoms with Crippen LogP contribution in [0.15, 0.2) is 108 Å². The van der Waals surface area contributed by atoms with Crippen LogP contribution in [0.25, 0.3) is 11.6 Å². The summed E-state index contributed by atoms with van der Waals surface area (Å²) in [5.41, 5.74) is 2.66. The molecule has 182 valence electrons. The first kappa shape index (κ1) is 24.9. The summed E-state index contributed by atoms with van der Waals surface area (Å²) >= 11 is 0. The fraction of sp³-hybridized carbons (Fsp3) is 0.267. The second-order valence-corrected chi connectivity index (χ2v) is 8.75. The largest absolute Gasteiger partial charge is 0.371 e. The zero-order valence-electron chi connectivity index (χ0n) is 19.6. The lowest BCUT2D eigenvalue weighted by atomic mass is 9.79. The maximum absolute atomic E-state index is 14.9. The second-order valence-electron chi connectivity index (χ2n) is 8.75. The molecule has 0 saturated heterocycles. The van der Waals surface area contributed by atoms with Gasteiger partial charge < -0.3 is 4.74 Å². The molecule has 1 aromatic rings. The lowest BCUT2D eigenvalue weighted by molar-refractivity contribution is 0.0710. The number of hydrogen-bond acceptors (Lipinski definition) is 1. The SMILES string of the molecule is C=CC1=CCC(C2CC=C(/C=C/c3ccc(C4=CCC(OCC)C(F)=C4F)cc3)C(F)=C2F)C=C1. The molecule has 0 fully saturated rings. The molecule has 3 aliphatic carbocycles. The van der Waals surface area contributed by atoms with Gasteiger partial charge >= 0.3 is 0 Å². The number of rotatable bonds is 7. The standard InChI is InChI=1S/C30H28F4O/c1-3-19-5-10-21(11-6-19)24-16-15-23(27(31)28(24)32)14-9-20-7-12-22(13-8-20)25-17-18-26(35-4-2)30(34)29(25)33/h3,5-10,12-15,17,21,24,26H,1,4,11,16,18H2,2H3/b14-9+. The van der Waals surface area contributed by atoms with Crippen LogP contribution < -0.4 is 0 Å². The normalized spacial score (nSPS) is 25.1. The van der Waals surface area contributed by atoms with Gasteiger partial charge in [0.05, 0.1) is 0 Å². The minimum Gasteiger partial charge on any atom is -0.371 e. The van der Waals surface area contributed by atoms with Crippen molar-refractivity contribution in [3.8, 4) is 0 Å². The summed E-state index contributed by atoms with van der Waals surface area (Å²) in [5, 5.41) is 0. The molecule has 0 spiro atoms. The minimum atomic E-state index is -0.911. The third kappa shape index (κ3) is 5.40. The Labute approximate surface area is 203 Å². The molecule has 0 N–H and O–H groups in total. The summed E-state index contributed by atoms with van der Waals surface area (Å²) in [4.78, 5) is 0. The Hall–Kier alpha value is -3.18. The summed E-state index contributed by atoms with van der Waals surface area (Å²) in [6.07, 6.45) is 14.6. The first-order valence-electron chi connectivity index (χ1n) is 11.8. The molecule has 0 bridgehead atoms. The molecule has 0 aliphatic heterocycles. The van der Waals surface area contributed by atoms with E-state index in [0.717, 1.165) is 11.1 Å². The molecular weight excluding hydrogens is 452 g/mol. The summed E-state index contributed by atoms with van der Waals surface area (Å²) in [6, 6.07) is 6.82. The molecule has 5 heteroatoms. The van der Waals surface area contributed by atoms with E-state index in [1.165, 1.54) is 0 Å². The Balaban J connectivity index is 1.43. The summed E-state index contributed by atoms with van der Waals surface area (Å²) in [5.74, 6) is -3.95. The van der Waals surface area contributed by atoms with Crippen LogP contribution in [0.1, 0.15) is 37.3 Å². The van der Waals surface area contributed by atoms with Crippen molar-refractivity contribution in [2.75, 3.05) is 6.61 Å². The highest BCUT2D eigenvalue weighted by atomic mass is 19.2. The van der Waals surface area contributed by atoms with Crippen molar-refractivity contribution in [3.05, 3.63) is 119 Å². The molecule has 0 saturated carbocycles. The van der Waals surface area contributed by atoms with E-state index in [1.54, 1.807) is 61.6 Å². The first-order valence-corrected chi connectivity index (χ1v) is 11.8. The Morgan fingerprint density at radius 1 is 0.914 bits per heavy atom. The molecule has 3 aliphatic rings. The zero-order valence-corrected chi connectivity index (χ0v) is 19.6. The summed E-state index contributed by atoms with van der Waals surface area (Å²) < 4.78 is 63.6. The van der Waals surface area contributed by atoms with Gasteiger partial charge in [-0.1, -0.05) is 79.5 Å². The van der Waals surface area contributed by atoms with Gasteiger partial charge in [-0.2, -0.15) is 0 Å². The van der Waals surface area contributed by atoms with Crippen LogP contribution in [0, 0.1) is 11.8 Å². The van der Waals surface area contributed by atoms with E-state index in [0.29, 0.717) is 25.0 Å². The van der Waals surface area contributed by atoms with Crippen molar-refractivity contribution in [3.63, 3.8) is 0 Å². The van der Waals surface area contributed by atoms with Crippen molar-refractivity contribution in [2.24, 2.45) is 11.8 Å². The molecule has 0 aromatic heterocycles. The molecule has 0 amide bonds. The Bertz CT molecular complexity index is 1190. The Morgan fingerprint density at radius 2 is 1.69 bits per heavy atom. The molecule has 1 nitrogen and oxygen atoms in total. The zero-order chi connectivity index (χ0) is 24.9. The molecule has 0 radical (unpaired) electrons. The predicted octanol–water partition coefficient (Wildman–Crippen LogP) is 8.83. The summed E-state index contributed by atoms with van der Waals surface area (Å²) in [6.45, 7) is 5.77. The topological polar surface area (TPSA) is 9.23 Å². The maximum Gasteiger partial charge on any atom is 0.165 e. The Morgan fingerprint density at radius 3 is 2.34 bits per heavy atom. The molecule has 3 atom stereocenters. The van der Waals surface area contributed by atoms with Crippen molar-refractivity contribution >= 4 is 11.6 Å². The quantitative estimate of drug-likeness (QED) is 0.354. The minimum absolute atomic E-state index is 0.0871. The van der Waals surface area contributed by atoms with E-state index in [4.69, 9.17) is 4.74 Å². The highest BCUT2D eigenvalue weighted by molar-refractivity contribution is 5.79. The van der Waals surface area contributed by atoms with Crippen LogP contribution >= 0.6 is 0 Å². The molecule has 3 unspecified atom stereocenters. The van der Waals surface area contributed by atoms with Gasteiger partial charge in [-0.15, -0.1) is 0 Å². The monoisotopic (exact) mass is 480 g/mol. The predicted molar refractivity (Wildman–Crippen MR) is 134 cm³/mol. The fourth-order valence-electron chi connectivity index (χ4n) is 4.59. The lowest BCUT2D eigenvalue weighted by Crippen LogP contribution is -2.18. The van der Waals surface area contributed by atoms with Crippen LogP contribution in [0.5, 0.6) is 0 Å². The lowest BCUT2D eigenvalue weighted by Gasteiger charge is -2.27. The smallest absolute Gasteiger partial charge is 0.165 e. The number of hydrogen-bond donors (Lipinski definition) is 0. The Kier molecular flexibility index (Phi) is 7.86. The van der Waals surface area contributed by atoms with Gasteiger partial charge in [-0.25, -0.2) is 17.6 Å². The molecule has 1 aromatic carbocycles. The van der Waals surface area contributed by atoms with Gasteiger partial charge in [-0.05, 0) is 48.8 Å². The van der Waals surface area contributed by atoms with Gasteiger partial charge in [0.25, 0.3) is 0 Å². The van der Waals surface area contributed by atoms with Crippen molar-refractivity contribution in [1.29, 1.82) is 0 Å². The maximum atomic E-state index is 14.9. The van der Waals surface area contributed by atoms with E-state index in [9.17, 15) is 17.6 Å². The van der Waals surface area contributed by atoms with E-state index in [2.05, 4.69) is 6.58 Å². The van der Waals surface area contributed by atoms with E-state index >= 15 is 0 Å². The molecule has 35 heavy (non-hydrogen) atoms. The van der Waals surface area contributed by atoms with Crippen LogP contribution in [0.3, 0.4) is 0 Å². The van der Waals surface area contributed by atoms with Crippen LogP contribution in [-0.4, -0.2) is 12.7 Å². The van der Waals surface area contributed by atoms with Gasteiger partial charge in [0.1, 0.15) is 11.9 Å². The van der Waals surface area contributed by atoms with Crippen LogP contribution in [-0.2, 0) is 4.74 Å². The number of benzene rings is 1. The molecular formula is C30H28F4O. The van der Waals surface area contributed by atoms with Crippen molar-refractivity contribution in [1.82, 2.24) is 0 Å². The highest BCUT2D eigenvalue weighted by Gasteiger charge is 2.30. The number of ether oxygens (including phenoxy) is 1. The van der Waals surface area contributed by atoms with Gasteiger partial charge in [0.2, 0.25) is 0 Å². The summed E-state index contributed by atoms with van der Waals surface area (Å²) in [7, 11) is 0. The van der Waals surface area contributed by atoms with Crippen molar-refractivity contribution in [2.45, 2.75) is 32.3 Å². The molecule has 0 heterocycles. The molecule has 4 rings (SSSR count). The highest BCUT2D eigenvalue weighted by Crippen LogP contribution is 2.40. The van der Waals surface area contributed by atoms with Gasteiger partial charge in [0, 0.05) is 23.7 Å². The van der Waals surface area contributed by atoms with E-state index in [-0.39, 0.29) is 23.5 Å². The van der Waals surface area contributed by atoms with E-state index < -0.39 is 35.3 Å². The third-order valence-electron chi connectivity index (χ3n) is 6.60. The van der Waals surface area contributed by atoms with Crippen LogP contribution in [0.2, 0.25) is 0 Å². The van der Waals surface area contributed by atoms with Gasteiger partial charge in [0.15, 0.2) is 17.5 Å². The second kappa shape index (κ2) is 11.0. The van der Waals surface area contributed by atoms with Crippen molar-refractivity contribution < 1.29 is 22.3 Å². The average Bonchev–Trinajstić information content (AvgIpc) is 2.88. The third-order valence-corrected chi connectivity index (χ3v) is 6.60. The number of halogens is 4. The number of allylic oxidation sites excluding steroid dienone is 12. The van der Waals surface area contributed by atoms with Gasteiger partial charge in [-0.3, -0.25) is 0 Å². The first-order chi connectivity index (χ1) is 16.9. The fourth-order valence-corrected chi connectivity index (χ4v) is 4.59.